The SMILES string of the molecule is CC(=CC(=O)O)C(F)(F)C(F)(F)F. The minimum Gasteiger partial charge on any atom is -0.478 e. The van der Waals surface area contributed by atoms with Crippen molar-refractivity contribution in [1.82, 2.24) is 0 Å². The predicted octanol–water partition coefficient (Wildman–Crippen LogP) is 2.21. The minimum atomic E-state index is -5.76. The van der Waals surface area contributed by atoms with E-state index in [0.717, 1.165) is 0 Å². The number of allylic oxidation sites excluding steroid dienone is 1. The van der Waals surface area contributed by atoms with Crippen molar-refractivity contribution in [3.63, 3.8) is 0 Å². The van der Waals surface area contributed by atoms with Crippen LogP contribution in [0.3, 0.4) is 0 Å². The molecular formula is C6H5F5O2. The highest BCUT2D eigenvalue weighted by Gasteiger charge is 2.58. The van der Waals surface area contributed by atoms with Gasteiger partial charge in [-0.1, -0.05) is 0 Å². The Balaban J connectivity index is 4.95. The monoisotopic (exact) mass is 204 g/mol. The van der Waals surface area contributed by atoms with E-state index in [4.69, 9.17) is 5.11 Å². The van der Waals surface area contributed by atoms with Gasteiger partial charge in [0, 0.05) is 11.6 Å². The molecule has 0 aromatic heterocycles. The summed E-state index contributed by atoms with van der Waals surface area (Å²) in [6, 6.07) is 0. The second-order valence-electron chi connectivity index (χ2n) is 2.24. The van der Waals surface area contributed by atoms with E-state index in [1.165, 1.54) is 0 Å². The maximum Gasteiger partial charge on any atom is 0.457 e. The number of rotatable bonds is 2. The lowest BCUT2D eigenvalue weighted by molar-refractivity contribution is -0.264. The Morgan fingerprint density at radius 3 is 1.85 bits per heavy atom. The molecule has 0 saturated heterocycles. The quantitative estimate of drug-likeness (QED) is 0.553. The molecule has 0 saturated carbocycles. The minimum absolute atomic E-state index is 0.173. The van der Waals surface area contributed by atoms with Crippen molar-refractivity contribution in [1.29, 1.82) is 0 Å². The number of aliphatic carboxylic acids is 1. The van der Waals surface area contributed by atoms with E-state index in [1.807, 2.05) is 0 Å². The molecule has 0 aromatic carbocycles. The smallest absolute Gasteiger partial charge is 0.457 e. The zero-order chi connectivity index (χ0) is 10.9. The van der Waals surface area contributed by atoms with Gasteiger partial charge in [0.05, 0.1) is 0 Å². The van der Waals surface area contributed by atoms with Gasteiger partial charge in [-0.15, -0.1) is 0 Å². The Morgan fingerprint density at radius 2 is 1.62 bits per heavy atom. The van der Waals surface area contributed by atoms with Crippen molar-refractivity contribution in [2.45, 2.75) is 19.0 Å². The highest BCUT2D eigenvalue weighted by atomic mass is 19.4. The number of hydrogen-bond donors (Lipinski definition) is 1. The zero-order valence-electron chi connectivity index (χ0n) is 6.32. The van der Waals surface area contributed by atoms with Gasteiger partial charge in [0.2, 0.25) is 0 Å². The molecule has 76 valence electrons. The summed E-state index contributed by atoms with van der Waals surface area (Å²) >= 11 is 0. The third-order valence-corrected chi connectivity index (χ3v) is 1.19. The number of alkyl halides is 5. The molecule has 0 bridgehead atoms. The lowest BCUT2D eigenvalue weighted by Gasteiger charge is -2.19. The molecule has 0 radical (unpaired) electrons. The first kappa shape index (κ1) is 11.9. The van der Waals surface area contributed by atoms with Gasteiger partial charge < -0.3 is 5.11 Å². The molecule has 2 nitrogen and oxygen atoms in total. The van der Waals surface area contributed by atoms with Gasteiger partial charge in [-0.2, -0.15) is 22.0 Å². The highest BCUT2D eigenvalue weighted by Crippen LogP contribution is 2.40. The molecule has 1 N–H and O–H groups in total. The van der Waals surface area contributed by atoms with Crippen LogP contribution in [0.25, 0.3) is 0 Å². The standard InChI is InChI=1S/C6H5F5O2/c1-3(2-4(12)13)5(7,8)6(9,10)11/h2H,1H3,(H,12,13). The van der Waals surface area contributed by atoms with Crippen LogP contribution in [0, 0.1) is 0 Å². The van der Waals surface area contributed by atoms with Gasteiger partial charge >= 0.3 is 18.1 Å². The Morgan fingerprint density at radius 1 is 1.23 bits per heavy atom. The fourth-order valence-electron chi connectivity index (χ4n) is 0.499. The largest absolute Gasteiger partial charge is 0.478 e. The normalized spacial score (nSPS) is 14.5. The van der Waals surface area contributed by atoms with E-state index >= 15 is 0 Å². The average Bonchev–Trinajstić information content (AvgIpc) is 1.82. The Bertz CT molecular complexity index is 240. The van der Waals surface area contributed by atoms with Crippen LogP contribution in [0.1, 0.15) is 6.92 Å². The van der Waals surface area contributed by atoms with Crippen molar-refractivity contribution in [3.05, 3.63) is 11.6 Å². The fourth-order valence-corrected chi connectivity index (χ4v) is 0.499. The number of carbonyl (C=O) groups is 1. The molecule has 0 fully saturated rings. The summed E-state index contributed by atoms with van der Waals surface area (Å²) in [5, 5.41) is 7.94. The van der Waals surface area contributed by atoms with Crippen LogP contribution >= 0.6 is 0 Å². The van der Waals surface area contributed by atoms with Crippen LogP contribution in [0.5, 0.6) is 0 Å². The molecule has 13 heavy (non-hydrogen) atoms. The van der Waals surface area contributed by atoms with E-state index in [1.54, 1.807) is 0 Å². The van der Waals surface area contributed by atoms with Crippen LogP contribution in [-0.2, 0) is 4.79 Å². The maximum atomic E-state index is 12.2. The zero-order valence-corrected chi connectivity index (χ0v) is 6.32. The van der Waals surface area contributed by atoms with Crippen molar-refractivity contribution in [3.8, 4) is 0 Å². The lowest BCUT2D eigenvalue weighted by Crippen LogP contribution is -2.37. The van der Waals surface area contributed by atoms with E-state index in [-0.39, 0.29) is 6.08 Å². The molecule has 0 unspecified atom stereocenters. The maximum absolute atomic E-state index is 12.2. The molecule has 7 heteroatoms. The Labute approximate surface area is 69.7 Å². The van der Waals surface area contributed by atoms with Crippen molar-refractivity contribution >= 4 is 5.97 Å². The fraction of sp³-hybridized carbons (Fsp3) is 0.500. The molecule has 0 aliphatic carbocycles. The summed E-state index contributed by atoms with van der Waals surface area (Å²) in [4.78, 5) is 9.81. The van der Waals surface area contributed by atoms with Crippen LogP contribution in [-0.4, -0.2) is 23.2 Å². The number of carboxylic acid groups (broad SMARTS) is 1. The van der Waals surface area contributed by atoms with Gasteiger partial charge in [-0.05, 0) is 6.92 Å². The van der Waals surface area contributed by atoms with Gasteiger partial charge in [-0.25, -0.2) is 4.79 Å². The highest BCUT2D eigenvalue weighted by molar-refractivity contribution is 5.80. The van der Waals surface area contributed by atoms with E-state index in [9.17, 15) is 26.7 Å². The first-order chi connectivity index (χ1) is 5.59. The number of halogens is 5. The molecule has 0 aliphatic rings. The first-order valence-electron chi connectivity index (χ1n) is 2.95. The second-order valence-corrected chi connectivity index (χ2v) is 2.24. The third-order valence-electron chi connectivity index (χ3n) is 1.19. The molecular weight excluding hydrogens is 199 g/mol. The van der Waals surface area contributed by atoms with Crippen molar-refractivity contribution < 1.29 is 31.9 Å². The first-order valence-corrected chi connectivity index (χ1v) is 2.95. The van der Waals surface area contributed by atoms with Crippen LogP contribution in [0.15, 0.2) is 11.6 Å². The molecule has 0 aliphatic heterocycles. The Kier molecular flexibility index (Phi) is 3.02. The molecule has 0 spiro atoms. The summed E-state index contributed by atoms with van der Waals surface area (Å²) in [7, 11) is 0. The van der Waals surface area contributed by atoms with Gasteiger partial charge in [0.25, 0.3) is 0 Å². The third kappa shape index (κ3) is 2.67. The molecule has 0 aromatic rings. The van der Waals surface area contributed by atoms with Crippen LogP contribution in [0.4, 0.5) is 22.0 Å². The van der Waals surface area contributed by atoms with Gasteiger partial charge in [0.1, 0.15) is 0 Å². The van der Waals surface area contributed by atoms with Crippen LogP contribution in [0.2, 0.25) is 0 Å². The summed E-state index contributed by atoms with van der Waals surface area (Å²) in [6.07, 6.45) is -5.93. The summed E-state index contributed by atoms with van der Waals surface area (Å²) in [5.74, 6) is -6.94. The molecule has 0 heterocycles. The average molecular weight is 204 g/mol. The topological polar surface area (TPSA) is 37.3 Å². The van der Waals surface area contributed by atoms with E-state index in [0.29, 0.717) is 6.92 Å². The van der Waals surface area contributed by atoms with Crippen LogP contribution < -0.4 is 0 Å². The summed E-state index contributed by atoms with van der Waals surface area (Å²) < 4.78 is 59.1. The lowest BCUT2D eigenvalue weighted by atomic mass is 10.1. The summed E-state index contributed by atoms with van der Waals surface area (Å²) in [6.45, 7) is 0.404. The number of hydrogen-bond acceptors (Lipinski definition) is 1. The Hall–Kier alpha value is -1.14. The predicted molar refractivity (Wildman–Crippen MR) is 32.4 cm³/mol. The van der Waals surface area contributed by atoms with Crippen molar-refractivity contribution in [2.75, 3.05) is 0 Å². The van der Waals surface area contributed by atoms with Crippen molar-refractivity contribution in [2.24, 2.45) is 0 Å². The second kappa shape index (κ2) is 3.31. The molecule has 0 rings (SSSR count). The number of carboxylic acids is 1. The van der Waals surface area contributed by atoms with E-state index < -0.39 is 23.6 Å². The molecule has 0 amide bonds. The van der Waals surface area contributed by atoms with Gasteiger partial charge in [0.15, 0.2) is 0 Å². The van der Waals surface area contributed by atoms with Gasteiger partial charge in [-0.3, -0.25) is 0 Å². The van der Waals surface area contributed by atoms with E-state index in [2.05, 4.69) is 0 Å². The molecule has 0 atom stereocenters. The summed E-state index contributed by atoms with van der Waals surface area (Å²) in [5.41, 5.74) is -1.55.